The number of likely N-dealkylation sites (tertiary alicyclic amines) is 1. The molecule has 0 bridgehead atoms. The van der Waals surface area contributed by atoms with Crippen LogP contribution in [0.15, 0.2) is 42.5 Å². The molecule has 2 aromatic rings. The zero-order valence-electron chi connectivity index (χ0n) is 17.6. The normalized spacial score (nSPS) is 21.1. The van der Waals surface area contributed by atoms with Crippen molar-refractivity contribution >= 4 is 17.6 Å². The van der Waals surface area contributed by atoms with Gasteiger partial charge in [-0.25, -0.2) is 0 Å². The molecular formula is C23H22ClF6NO2. The molecule has 1 aliphatic heterocycles. The number of piperidine rings is 1. The van der Waals surface area contributed by atoms with Crippen molar-refractivity contribution in [2.75, 3.05) is 6.54 Å². The van der Waals surface area contributed by atoms with Crippen molar-refractivity contribution in [3.05, 3.63) is 69.7 Å². The highest BCUT2D eigenvalue weighted by Crippen LogP contribution is 2.41. The molecule has 0 aliphatic carbocycles. The van der Waals surface area contributed by atoms with Gasteiger partial charge < -0.3 is 5.11 Å². The molecule has 3 rings (SSSR count). The Kier molecular flexibility index (Phi) is 7.33. The minimum atomic E-state index is -4.60. The van der Waals surface area contributed by atoms with Crippen molar-refractivity contribution < 1.29 is 36.2 Å². The van der Waals surface area contributed by atoms with Gasteiger partial charge in [0.2, 0.25) is 0 Å². The van der Waals surface area contributed by atoms with Crippen molar-refractivity contribution in [2.24, 2.45) is 11.8 Å². The van der Waals surface area contributed by atoms with Gasteiger partial charge in [-0.15, -0.1) is 0 Å². The fourth-order valence-corrected chi connectivity index (χ4v) is 4.51. The number of alkyl halides is 6. The molecule has 3 nitrogen and oxygen atoms in total. The van der Waals surface area contributed by atoms with Crippen LogP contribution >= 0.6 is 11.6 Å². The Labute approximate surface area is 192 Å². The first kappa shape index (κ1) is 25.4. The highest BCUT2D eigenvalue weighted by molar-refractivity contribution is 6.30. The van der Waals surface area contributed by atoms with E-state index in [-0.39, 0.29) is 29.6 Å². The molecule has 0 aromatic heterocycles. The van der Waals surface area contributed by atoms with Crippen molar-refractivity contribution in [1.29, 1.82) is 0 Å². The van der Waals surface area contributed by atoms with Gasteiger partial charge in [-0.05, 0) is 66.8 Å². The first-order valence-corrected chi connectivity index (χ1v) is 10.6. The van der Waals surface area contributed by atoms with Gasteiger partial charge in [-0.2, -0.15) is 26.3 Å². The van der Waals surface area contributed by atoms with Gasteiger partial charge in [-0.3, -0.25) is 9.69 Å². The van der Waals surface area contributed by atoms with Crippen LogP contribution in [-0.4, -0.2) is 22.5 Å². The molecule has 0 spiro atoms. The van der Waals surface area contributed by atoms with E-state index in [9.17, 15) is 36.2 Å². The molecule has 33 heavy (non-hydrogen) atoms. The number of halogens is 7. The lowest BCUT2D eigenvalue weighted by Crippen LogP contribution is -2.39. The van der Waals surface area contributed by atoms with E-state index in [4.69, 9.17) is 11.6 Å². The summed E-state index contributed by atoms with van der Waals surface area (Å²) < 4.78 is 79.5. The van der Waals surface area contributed by atoms with Crippen LogP contribution in [0.2, 0.25) is 5.02 Å². The number of rotatable bonds is 5. The lowest BCUT2D eigenvalue weighted by molar-refractivity contribution is -0.144. The van der Waals surface area contributed by atoms with Crippen LogP contribution in [0.3, 0.4) is 0 Å². The Morgan fingerprint density at radius 3 is 2.27 bits per heavy atom. The first-order chi connectivity index (χ1) is 15.3. The molecule has 1 saturated heterocycles. The molecule has 0 radical (unpaired) electrons. The van der Waals surface area contributed by atoms with Gasteiger partial charge >= 0.3 is 18.3 Å². The molecular weight excluding hydrogens is 472 g/mol. The molecule has 2 aromatic carbocycles. The minimum absolute atomic E-state index is 0.0448. The second-order valence-electron chi connectivity index (χ2n) is 8.32. The summed E-state index contributed by atoms with van der Waals surface area (Å²) in [6.45, 7) is 1.72. The molecule has 3 atom stereocenters. The second kappa shape index (κ2) is 9.54. The summed E-state index contributed by atoms with van der Waals surface area (Å²) in [6.07, 6.45) is -8.39. The fraction of sp³-hybridized carbons (Fsp3) is 0.435. The number of carboxylic acids is 1. The van der Waals surface area contributed by atoms with E-state index in [2.05, 4.69) is 0 Å². The molecule has 1 aliphatic rings. The summed E-state index contributed by atoms with van der Waals surface area (Å²) >= 11 is 5.94. The predicted molar refractivity (Wildman–Crippen MR) is 111 cm³/mol. The maximum atomic E-state index is 13.5. The third-order valence-electron chi connectivity index (χ3n) is 6.22. The quantitative estimate of drug-likeness (QED) is 0.454. The van der Waals surface area contributed by atoms with E-state index in [0.717, 1.165) is 24.3 Å². The number of benzene rings is 2. The predicted octanol–water partition coefficient (Wildman–Crippen LogP) is 7.05. The largest absolute Gasteiger partial charge is 0.481 e. The van der Waals surface area contributed by atoms with E-state index in [1.807, 2.05) is 0 Å². The SMILES string of the molecule is CC(C(=O)O)[C@H]1CCN(Cc2cc(Cl)ccc2C(F)(F)F)[C@@H](c2ccc(C(F)(F)F)cc2)C1. The highest BCUT2D eigenvalue weighted by Gasteiger charge is 2.38. The van der Waals surface area contributed by atoms with Crippen LogP contribution in [0.4, 0.5) is 26.3 Å². The van der Waals surface area contributed by atoms with Gasteiger partial charge in [0.15, 0.2) is 0 Å². The van der Waals surface area contributed by atoms with E-state index in [0.29, 0.717) is 18.4 Å². The Morgan fingerprint density at radius 2 is 1.73 bits per heavy atom. The molecule has 1 N–H and O–H groups in total. The van der Waals surface area contributed by atoms with Gasteiger partial charge in [-0.1, -0.05) is 30.7 Å². The summed E-state index contributed by atoms with van der Waals surface area (Å²) in [4.78, 5) is 13.2. The minimum Gasteiger partial charge on any atom is -0.481 e. The molecule has 1 unspecified atom stereocenters. The average Bonchev–Trinajstić information content (AvgIpc) is 2.72. The van der Waals surface area contributed by atoms with E-state index in [1.165, 1.54) is 18.2 Å². The molecule has 0 amide bonds. The van der Waals surface area contributed by atoms with E-state index >= 15 is 0 Å². The van der Waals surface area contributed by atoms with Crippen LogP contribution in [0, 0.1) is 11.8 Å². The van der Waals surface area contributed by atoms with Gasteiger partial charge in [0.05, 0.1) is 17.0 Å². The fourth-order valence-electron chi connectivity index (χ4n) is 4.32. The number of carbonyl (C=O) groups is 1. The van der Waals surface area contributed by atoms with E-state index in [1.54, 1.807) is 11.8 Å². The van der Waals surface area contributed by atoms with Crippen molar-refractivity contribution in [1.82, 2.24) is 4.90 Å². The molecule has 10 heteroatoms. The standard InChI is InChI=1S/C23H22ClF6NO2/c1-13(21(32)33)15-8-9-31(12-16-10-18(24)6-7-19(16)23(28,29)30)20(11-15)14-2-4-17(5-3-14)22(25,26)27/h2-7,10,13,15,20H,8-9,11-12H2,1H3,(H,32,33)/t13?,15-,20+/m0/s1. The first-order valence-electron chi connectivity index (χ1n) is 10.3. The maximum absolute atomic E-state index is 13.5. The average molecular weight is 494 g/mol. The number of hydrogen-bond acceptors (Lipinski definition) is 2. The maximum Gasteiger partial charge on any atom is 0.416 e. The summed E-state index contributed by atoms with van der Waals surface area (Å²) in [6, 6.07) is 7.21. The number of hydrogen-bond donors (Lipinski definition) is 1. The smallest absolute Gasteiger partial charge is 0.416 e. The van der Waals surface area contributed by atoms with Gasteiger partial charge in [0.25, 0.3) is 0 Å². The number of nitrogens with zero attached hydrogens (tertiary/aromatic N) is 1. The van der Waals surface area contributed by atoms with E-state index < -0.39 is 41.4 Å². The van der Waals surface area contributed by atoms with Crippen molar-refractivity contribution in [3.8, 4) is 0 Å². The van der Waals surface area contributed by atoms with Gasteiger partial charge in [0.1, 0.15) is 0 Å². The second-order valence-corrected chi connectivity index (χ2v) is 8.75. The van der Waals surface area contributed by atoms with Crippen molar-refractivity contribution in [2.45, 2.75) is 44.7 Å². The summed E-state index contributed by atoms with van der Waals surface area (Å²) in [5.74, 6) is -1.96. The Bertz CT molecular complexity index is 990. The third-order valence-corrected chi connectivity index (χ3v) is 6.45. The lowest BCUT2D eigenvalue weighted by atomic mass is 9.79. The highest BCUT2D eigenvalue weighted by atomic mass is 35.5. The molecule has 1 fully saturated rings. The molecule has 0 saturated carbocycles. The zero-order chi connectivity index (χ0) is 24.6. The summed E-state index contributed by atoms with van der Waals surface area (Å²) in [7, 11) is 0. The third kappa shape index (κ3) is 6.00. The van der Waals surface area contributed by atoms with Crippen LogP contribution in [0.1, 0.15) is 48.1 Å². The Balaban J connectivity index is 1.96. The van der Waals surface area contributed by atoms with Gasteiger partial charge in [0, 0.05) is 17.6 Å². The molecule has 180 valence electrons. The monoisotopic (exact) mass is 493 g/mol. The van der Waals surface area contributed by atoms with Crippen LogP contribution in [0.5, 0.6) is 0 Å². The number of aliphatic carboxylic acids is 1. The lowest BCUT2D eigenvalue weighted by Gasteiger charge is -2.41. The molecule has 1 heterocycles. The Morgan fingerprint density at radius 1 is 1.09 bits per heavy atom. The topological polar surface area (TPSA) is 40.5 Å². The van der Waals surface area contributed by atoms with Crippen LogP contribution in [0.25, 0.3) is 0 Å². The van der Waals surface area contributed by atoms with Crippen LogP contribution < -0.4 is 0 Å². The summed E-state index contributed by atoms with van der Waals surface area (Å²) in [5, 5.41) is 9.53. The zero-order valence-corrected chi connectivity index (χ0v) is 18.3. The Hall–Kier alpha value is -2.26. The number of carboxylic acid groups (broad SMARTS) is 1. The van der Waals surface area contributed by atoms with Crippen molar-refractivity contribution in [3.63, 3.8) is 0 Å². The summed E-state index contributed by atoms with van der Waals surface area (Å²) in [5.41, 5.74) is -1.23. The van der Waals surface area contributed by atoms with Crippen LogP contribution in [-0.2, 0) is 23.7 Å².